The third-order valence-electron chi connectivity index (χ3n) is 2.87. The maximum atomic E-state index is 6.16. The molecule has 2 heterocycles. The number of para-hydroxylation sites is 1. The van der Waals surface area contributed by atoms with Gasteiger partial charge in [0.05, 0.1) is 10.2 Å². The highest BCUT2D eigenvalue weighted by Crippen LogP contribution is 2.30. The minimum atomic E-state index is -0.342. The average molecular weight is 306 g/mol. The molecule has 0 saturated carbocycles. The summed E-state index contributed by atoms with van der Waals surface area (Å²) in [5, 5.41) is 5.33. The smallest absolute Gasteiger partial charge is 0.148 e. The average Bonchev–Trinajstić information content (AvgIpc) is 2.95. The number of aromatic nitrogens is 2. The Morgan fingerprint density at radius 3 is 2.89 bits per heavy atom. The van der Waals surface area contributed by atoms with Gasteiger partial charge in [-0.2, -0.15) is 5.10 Å². The fourth-order valence-corrected chi connectivity index (χ4v) is 2.41. The highest BCUT2D eigenvalue weighted by Gasteiger charge is 2.17. The number of fused-ring (bicyclic) bond motifs is 1. The zero-order valence-corrected chi connectivity index (χ0v) is 11.4. The van der Waals surface area contributed by atoms with Gasteiger partial charge in [0.1, 0.15) is 17.4 Å². The van der Waals surface area contributed by atoms with Crippen molar-refractivity contribution in [2.75, 3.05) is 0 Å². The second kappa shape index (κ2) is 4.26. The third kappa shape index (κ3) is 1.85. The van der Waals surface area contributed by atoms with E-state index >= 15 is 0 Å². The van der Waals surface area contributed by atoms with E-state index in [4.69, 9.17) is 10.2 Å². The molecule has 1 unspecified atom stereocenters. The van der Waals surface area contributed by atoms with E-state index in [1.807, 2.05) is 43.6 Å². The number of hydrogen-bond acceptors (Lipinski definition) is 3. The van der Waals surface area contributed by atoms with Gasteiger partial charge in [-0.25, -0.2) is 0 Å². The number of nitrogens with two attached hydrogens (primary N) is 1. The van der Waals surface area contributed by atoms with Crippen molar-refractivity contribution >= 4 is 26.9 Å². The van der Waals surface area contributed by atoms with Gasteiger partial charge in [-0.05, 0) is 34.1 Å². The van der Waals surface area contributed by atoms with E-state index < -0.39 is 0 Å². The van der Waals surface area contributed by atoms with Crippen LogP contribution in [0.5, 0.6) is 0 Å². The van der Waals surface area contributed by atoms with E-state index in [0.29, 0.717) is 0 Å². The number of nitrogens with zero attached hydrogens (tertiary/aromatic N) is 2. The van der Waals surface area contributed by atoms with E-state index in [-0.39, 0.29) is 6.04 Å². The zero-order chi connectivity index (χ0) is 12.7. The Morgan fingerprint density at radius 2 is 2.22 bits per heavy atom. The number of benzene rings is 1. The van der Waals surface area contributed by atoms with Gasteiger partial charge in [0, 0.05) is 18.6 Å². The number of aryl methyl sites for hydroxylation is 1. The first-order chi connectivity index (χ1) is 8.65. The van der Waals surface area contributed by atoms with E-state index in [1.54, 1.807) is 4.68 Å². The molecule has 18 heavy (non-hydrogen) atoms. The fraction of sp³-hybridized carbons (Fsp3) is 0.154. The molecule has 5 heteroatoms. The van der Waals surface area contributed by atoms with Crippen molar-refractivity contribution < 1.29 is 4.42 Å². The molecule has 3 aromatic rings. The monoisotopic (exact) mass is 305 g/mol. The molecule has 0 amide bonds. The van der Waals surface area contributed by atoms with Gasteiger partial charge in [-0.1, -0.05) is 12.1 Å². The normalized spacial score (nSPS) is 13.1. The lowest BCUT2D eigenvalue weighted by atomic mass is 10.1. The topological polar surface area (TPSA) is 57.0 Å². The molecule has 0 saturated heterocycles. The molecule has 2 aromatic heterocycles. The number of furan rings is 1. The van der Waals surface area contributed by atoms with E-state index in [0.717, 1.165) is 26.9 Å². The molecule has 0 aliphatic carbocycles. The lowest BCUT2D eigenvalue weighted by molar-refractivity contribution is 0.516. The van der Waals surface area contributed by atoms with Gasteiger partial charge < -0.3 is 10.2 Å². The maximum absolute atomic E-state index is 6.16. The van der Waals surface area contributed by atoms with Crippen LogP contribution < -0.4 is 5.73 Å². The predicted octanol–water partition coefficient (Wildman–Crippen LogP) is 2.98. The van der Waals surface area contributed by atoms with Crippen molar-refractivity contribution in [1.82, 2.24) is 9.78 Å². The Balaban J connectivity index is 2.06. The molecule has 3 rings (SSSR count). The number of halogens is 1. The molecule has 0 bridgehead atoms. The molecular formula is C13H12BrN3O. The second-order valence-electron chi connectivity index (χ2n) is 4.20. The van der Waals surface area contributed by atoms with Crippen molar-refractivity contribution in [2.45, 2.75) is 6.04 Å². The molecule has 2 N–H and O–H groups in total. The Bertz CT molecular complexity index is 701. The summed E-state index contributed by atoms with van der Waals surface area (Å²) in [6.45, 7) is 0. The zero-order valence-electron chi connectivity index (χ0n) is 9.80. The maximum Gasteiger partial charge on any atom is 0.148 e. The largest absolute Gasteiger partial charge is 0.458 e. The SMILES string of the molecule is Cn1ccc(C(N)c2cc3cccc(Br)c3o2)n1. The Kier molecular flexibility index (Phi) is 2.72. The van der Waals surface area contributed by atoms with Crippen molar-refractivity contribution in [3.8, 4) is 0 Å². The van der Waals surface area contributed by atoms with Gasteiger partial charge in [0.15, 0.2) is 0 Å². The van der Waals surface area contributed by atoms with Crippen LogP contribution in [0.1, 0.15) is 17.5 Å². The molecule has 0 aliphatic rings. The van der Waals surface area contributed by atoms with E-state index in [9.17, 15) is 0 Å². The van der Waals surface area contributed by atoms with Crippen LogP contribution in [0.4, 0.5) is 0 Å². The Hall–Kier alpha value is -1.59. The van der Waals surface area contributed by atoms with Gasteiger partial charge in [0.2, 0.25) is 0 Å². The van der Waals surface area contributed by atoms with Crippen molar-refractivity contribution in [3.05, 3.63) is 52.5 Å². The lowest BCUT2D eigenvalue weighted by Gasteiger charge is -2.04. The van der Waals surface area contributed by atoms with Crippen LogP contribution in [0.25, 0.3) is 11.0 Å². The molecule has 0 spiro atoms. The van der Waals surface area contributed by atoms with Crippen LogP contribution in [0.15, 0.2) is 45.4 Å². The molecule has 0 fully saturated rings. The first kappa shape index (κ1) is 11.5. The minimum Gasteiger partial charge on any atom is -0.458 e. The van der Waals surface area contributed by atoms with E-state index in [1.165, 1.54) is 0 Å². The molecule has 1 aromatic carbocycles. The fourth-order valence-electron chi connectivity index (χ4n) is 1.95. The quantitative estimate of drug-likeness (QED) is 0.792. The predicted molar refractivity (Wildman–Crippen MR) is 73.2 cm³/mol. The third-order valence-corrected chi connectivity index (χ3v) is 3.50. The van der Waals surface area contributed by atoms with Crippen LogP contribution in [-0.2, 0) is 7.05 Å². The first-order valence-corrected chi connectivity index (χ1v) is 6.37. The van der Waals surface area contributed by atoms with Crippen LogP contribution >= 0.6 is 15.9 Å². The lowest BCUT2D eigenvalue weighted by Crippen LogP contribution is -2.11. The summed E-state index contributed by atoms with van der Waals surface area (Å²) in [5.41, 5.74) is 7.78. The summed E-state index contributed by atoms with van der Waals surface area (Å²) in [6.07, 6.45) is 1.87. The van der Waals surface area contributed by atoms with Crippen LogP contribution in [-0.4, -0.2) is 9.78 Å². The number of rotatable bonds is 2. The van der Waals surface area contributed by atoms with Crippen molar-refractivity contribution in [2.24, 2.45) is 12.8 Å². The summed E-state index contributed by atoms with van der Waals surface area (Å²) in [7, 11) is 1.87. The van der Waals surface area contributed by atoms with Gasteiger partial charge >= 0.3 is 0 Å². The molecule has 1 atom stereocenters. The van der Waals surface area contributed by atoms with Crippen LogP contribution in [0.3, 0.4) is 0 Å². The highest BCUT2D eigenvalue weighted by atomic mass is 79.9. The molecule has 0 radical (unpaired) electrons. The highest BCUT2D eigenvalue weighted by molar-refractivity contribution is 9.10. The summed E-state index contributed by atoms with van der Waals surface area (Å²) >= 11 is 3.47. The summed E-state index contributed by atoms with van der Waals surface area (Å²) < 4.78 is 8.46. The molecular weight excluding hydrogens is 294 g/mol. The molecule has 92 valence electrons. The van der Waals surface area contributed by atoms with Gasteiger partial charge in [-0.15, -0.1) is 0 Å². The van der Waals surface area contributed by atoms with Gasteiger partial charge in [0.25, 0.3) is 0 Å². The Morgan fingerprint density at radius 1 is 1.39 bits per heavy atom. The minimum absolute atomic E-state index is 0.342. The summed E-state index contributed by atoms with van der Waals surface area (Å²) in [5.74, 6) is 0.718. The standard InChI is InChI=1S/C13H12BrN3O/c1-17-6-5-10(16-17)12(15)11-7-8-3-2-4-9(14)13(8)18-11/h2-7,12H,15H2,1H3. The van der Waals surface area contributed by atoms with Crippen molar-refractivity contribution in [3.63, 3.8) is 0 Å². The van der Waals surface area contributed by atoms with Crippen molar-refractivity contribution in [1.29, 1.82) is 0 Å². The Labute approximate surface area is 113 Å². The van der Waals surface area contributed by atoms with Crippen LogP contribution in [0.2, 0.25) is 0 Å². The number of hydrogen-bond donors (Lipinski definition) is 1. The first-order valence-electron chi connectivity index (χ1n) is 5.58. The summed E-state index contributed by atoms with van der Waals surface area (Å²) in [6, 6.07) is 9.43. The second-order valence-corrected chi connectivity index (χ2v) is 5.05. The molecule has 0 aliphatic heterocycles. The van der Waals surface area contributed by atoms with Crippen LogP contribution in [0, 0.1) is 0 Å². The molecule has 4 nitrogen and oxygen atoms in total. The summed E-state index contributed by atoms with van der Waals surface area (Å²) in [4.78, 5) is 0. The van der Waals surface area contributed by atoms with E-state index in [2.05, 4.69) is 21.0 Å². The van der Waals surface area contributed by atoms with Gasteiger partial charge in [-0.3, -0.25) is 4.68 Å².